The van der Waals surface area contributed by atoms with Crippen LogP contribution in [0.25, 0.3) is 0 Å². The predicted octanol–water partition coefficient (Wildman–Crippen LogP) is 2.28. The first kappa shape index (κ1) is 18.9. The van der Waals surface area contributed by atoms with E-state index in [0.29, 0.717) is 31.2 Å². The highest BCUT2D eigenvalue weighted by atomic mass is 32.2. The van der Waals surface area contributed by atoms with Crippen molar-refractivity contribution in [1.82, 2.24) is 19.8 Å². The summed E-state index contributed by atoms with van der Waals surface area (Å²) in [6, 6.07) is 4.69. The van der Waals surface area contributed by atoms with E-state index in [1.165, 1.54) is 12.1 Å². The van der Waals surface area contributed by atoms with Gasteiger partial charge in [-0.2, -0.15) is 0 Å². The van der Waals surface area contributed by atoms with Gasteiger partial charge in [-0.3, -0.25) is 4.90 Å². The van der Waals surface area contributed by atoms with Crippen molar-refractivity contribution >= 4 is 10.0 Å². The standard InChI is InChI=1S/C17H23FN4O3S/c1-12(2)17-20-19-16(25-17)11-22-9-7-14(8-10-22)21-26(23,24)15-5-3-13(18)4-6-15/h3-6,12,14,21H,7-11H2,1-2H3. The Morgan fingerprint density at radius 2 is 1.88 bits per heavy atom. The van der Waals surface area contributed by atoms with E-state index in [9.17, 15) is 12.8 Å². The monoisotopic (exact) mass is 382 g/mol. The van der Waals surface area contributed by atoms with E-state index in [1.807, 2.05) is 13.8 Å². The van der Waals surface area contributed by atoms with Crippen LogP contribution in [0.1, 0.15) is 44.4 Å². The first-order chi connectivity index (χ1) is 12.3. The Balaban J connectivity index is 1.52. The highest BCUT2D eigenvalue weighted by Gasteiger charge is 2.25. The number of piperidine rings is 1. The van der Waals surface area contributed by atoms with Crippen LogP contribution in [0.4, 0.5) is 4.39 Å². The highest BCUT2D eigenvalue weighted by molar-refractivity contribution is 7.89. The quantitative estimate of drug-likeness (QED) is 0.825. The molecule has 1 saturated heterocycles. The molecule has 0 aliphatic carbocycles. The van der Waals surface area contributed by atoms with Gasteiger partial charge in [0.2, 0.25) is 21.8 Å². The summed E-state index contributed by atoms with van der Waals surface area (Å²) in [5.74, 6) is 0.947. The summed E-state index contributed by atoms with van der Waals surface area (Å²) in [4.78, 5) is 2.24. The molecule has 0 radical (unpaired) electrons. The van der Waals surface area contributed by atoms with E-state index >= 15 is 0 Å². The van der Waals surface area contributed by atoms with Crippen LogP contribution in [0.15, 0.2) is 33.6 Å². The number of hydrogen-bond donors (Lipinski definition) is 1. The van der Waals surface area contributed by atoms with Crippen molar-refractivity contribution in [3.8, 4) is 0 Å². The number of sulfonamides is 1. The molecule has 9 heteroatoms. The van der Waals surface area contributed by atoms with E-state index in [-0.39, 0.29) is 16.9 Å². The van der Waals surface area contributed by atoms with Crippen molar-refractivity contribution in [3.05, 3.63) is 41.9 Å². The summed E-state index contributed by atoms with van der Waals surface area (Å²) >= 11 is 0. The third kappa shape index (κ3) is 4.66. The lowest BCUT2D eigenvalue weighted by Crippen LogP contribution is -2.44. The van der Waals surface area contributed by atoms with Crippen molar-refractivity contribution in [2.24, 2.45) is 0 Å². The number of rotatable bonds is 6. The molecule has 0 unspecified atom stereocenters. The Morgan fingerprint density at radius 3 is 2.46 bits per heavy atom. The van der Waals surface area contributed by atoms with Gasteiger partial charge in [0.1, 0.15) is 5.82 Å². The number of aromatic nitrogens is 2. The van der Waals surface area contributed by atoms with E-state index < -0.39 is 15.8 Å². The van der Waals surface area contributed by atoms with Crippen LogP contribution in [-0.4, -0.2) is 42.6 Å². The summed E-state index contributed by atoms with van der Waals surface area (Å²) in [6.07, 6.45) is 1.37. The fourth-order valence-corrected chi connectivity index (χ4v) is 4.17. The molecule has 1 aromatic heterocycles. The van der Waals surface area contributed by atoms with Crippen molar-refractivity contribution < 1.29 is 17.2 Å². The number of benzene rings is 1. The van der Waals surface area contributed by atoms with Crippen LogP contribution < -0.4 is 4.72 Å². The molecule has 0 bridgehead atoms. The van der Waals surface area contributed by atoms with Gasteiger partial charge in [0.15, 0.2) is 0 Å². The van der Waals surface area contributed by atoms with Crippen LogP contribution in [0.5, 0.6) is 0 Å². The fourth-order valence-electron chi connectivity index (χ4n) is 2.87. The number of halogens is 1. The van der Waals surface area contributed by atoms with Crippen LogP contribution in [0.3, 0.4) is 0 Å². The lowest BCUT2D eigenvalue weighted by atomic mass is 10.1. The van der Waals surface area contributed by atoms with E-state index in [4.69, 9.17) is 4.42 Å². The van der Waals surface area contributed by atoms with Gasteiger partial charge in [0.05, 0.1) is 11.4 Å². The van der Waals surface area contributed by atoms with Gasteiger partial charge in [-0.25, -0.2) is 17.5 Å². The highest BCUT2D eigenvalue weighted by Crippen LogP contribution is 2.18. The van der Waals surface area contributed by atoms with E-state index in [2.05, 4.69) is 19.8 Å². The molecule has 0 atom stereocenters. The first-order valence-electron chi connectivity index (χ1n) is 8.66. The molecule has 7 nitrogen and oxygen atoms in total. The Bertz CT molecular complexity index is 828. The zero-order valence-corrected chi connectivity index (χ0v) is 15.7. The average molecular weight is 382 g/mol. The maximum atomic E-state index is 13.0. The Hall–Kier alpha value is -1.84. The molecule has 2 aromatic rings. The van der Waals surface area contributed by atoms with Crippen molar-refractivity contribution in [2.45, 2.75) is 50.1 Å². The third-order valence-electron chi connectivity index (χ3n) is 4.37. The summed E-state index contributed by atoms with van der Waals surface area (Å²) < 4.78 is 46.0. The lowest BCUT2D eigenvalue weighted by Gasteiger charge is -2.31. The van der Waals surface area contributed by atoms with Gasteiger partial charge in [-0.15, -0.1) is 10.2 Å². The number of hydrogen-bond acceptors (Lipinski definition) is 6. The number of nitrogens with zero attached hydrogens (tertiary/aromatic N) is 3. The van der Waals surface area contributed by atoms with Gasteiger partial charge in [-0.1, -0.05) is 13.8 Å². The number of nitrogens with one attached hydrogen (secondary N) is 1. The molecule has 26 heavy (non-hydrogen) atoms. The van der Waals surface area contributed by atoms with Crippen LogP contribution in [0.2, 0.25) is 0 Å². The second-order valence-corrected chi connectivity index (χ2v) is 8.53. The second-order valence-electron chi connectivity index (χ2n) is 6.81. The molecule has 142 valence electrons. The maximum absolute atomic E-state index is 13.0. The minimum absolute atomic E-state index is 0.0772. The topological polar surface area (TPSA) is 88.3 Å². The molecule has 1 fully saturated rings. The summed E-state index contributed by atoms with van der Waals surface area (Å²) in [5.41, 5.74) is 0. The van der Waals surface area contributed by atoms with Gasteiger partial charge in [0, 0.05) is 25.0 Å². The average Bonchev–Trinajstić information content (AvgIpc) is 3.06. The van der Waals surface area contributed by atoms with Crippen molar-refractivity contribution in [3.63, 3.8) is 0 Å². The molecule has 1 aliphatic heterocycles. The zero-order chi connectivity index (χ0) is 18.7. The normalized spacial score (nSPS) is 17.1. The molecule has 1 aliphatic rings. The second kappa shape index (κ2) is 7.81. The lowest BCUT2D eigenvalue weighted by molar-refractivity contribution is 0.182. The smallest absolute Gasteiger partial charge is 0.240 e. The van der Waals surface area contributed by atoms with Crippen molar-refractivity contribution in [1.29, 1.82) is 0 Å². The molecule has 0 saturated carbocycles. The van der Waals surface area contributed by atoms with Crippen LogP contribution in [0, 0.1) is 5.82 Å². The fraction of sp³-hybridized carbons (Fsp3) is 0.529. The minimum atomic E-state index is -3.64. The van der Waals surface area contributed by atoms with Crippen LogP contribution in [-0.2, 0) is 16.6 Å². The summed E-state index contributed by atoms with van der Waals surface area (Å²) in [5, 5.41) is 8.08. The largest absolute Gasteiger partial charge is 0.424 e. The Labute approximate surface area is 152 Å². The molecule has 0 spiro atoms. The zero-order valence-electron chi connectivity index (χ0n) is 14.9. The molecular formula is C17H23FN4O3S. The van der Waals surface area contributed by atoms with Gasteiger partial charge >= 0.3 is 0 Å². The SMILES string of the molecule is CC(C)c1nnc(CN2CCC(NS(=O)(=O)c3ccc(F)cc3)CC2)o1. The number of likely N-dealkylation sites (tertiary alicyclic amines) is 1. The molecular weight excluding hydrogens is 359 g/mol. The summed E-state index contributed by atoms with van der Waals surface area (Å²) in [6.45, 7) is 6.02. The Morgan fingerprint density at radius 1 is 1.23 bits per heavy atom. The Kier molecular flexibility index (Phi) is 5.69. The molecule has 0 amide bonds. The molecule has 2 heterocycles. The predicted molar refractivity (Wildman–Crippen MR) is 93.4 cm³/mol. The van der Waals surface area contributed by atoms with Gasteiger partial charge < -0.3 is 4.42 Å². The van der Waals surface area contributed by atoms with E-state index in [0.717, 1.165) is 25.2 Å². The molecule has 1 aromatic carbocycles. The first-order valence-corrected chi connectivity index (χ1v) is 10.1. The van der Waals surface area contributed by atoms with Gasteiger partial charge in [-0.05, 0) is 37.1 Å². The van der Waals surface area contributed by atoms with Crippen molar-refractivity contribution in [2.75, 3.05) is 13.1 Å². The van der Waals surface area contributed by atoms with Gasteiger partial charge in [0.25, 0.3) is 0 Å². The van der Waals surface area contributed by atoms with E-state index in [1.54, 1.807) is 0 Å². The third-order valence-corrected chi connectivity index (χ3v) is 5.90. The molecule has 1 N–H and O–H groups in total. The van der Waals surface area contributed by atoms with Crippen LogP contribution >= 0.6 is 0 Å². The minimum Gasteiger partial charge on any atom is -0.424 e. The molecule has 3 rings (SSSR count). The summed E-state index contributed by atoms with van der Waals surface area (Å²) in [7, 11) is -3.64. The maximum Gasteiger partial charge on any atom is 0.240 e.